The molecule has 2 aliphatic rings. The average Bonchev–Trinajstić information content (AvgIpc) is 3.62. The van der Waals surface area contributed by atoms with Gasteiger partial charge >= 0.3 is 0 Å². The predicted octanol–water partition coefficient (Wildman–Crippen LogP) is 9.34. The van der Waals surface area contributed by atoms with Crippen LogP contribution in [-0.4, -0.2) is 42.5 Å². The van der Waals surface area contributed by atoms with Gasteiger partial charge in [0.25, 0.3) is 11.8 Å². The Morgan fingerprint density at radius 3 is 1.22 bits per heavy atom. The maximum Gasteiger partial charge on any atom is 0.255 e. The highest BCUT2D eigenvalue weighted by atomic mass is 32.2. The van der Waals surface area contributed by atoms with E-state index in [9.17, 15) is 9.59 Å². The molecule has 0 saturated carbocycles. The predicted molar refractivity (Wildman–Crippen MR) is 222 cm³/mol. The van der Waals surface area contributed by atoms with Crippen LogP contribution >= 0.6 is 23.5 Å². The van der Waals surface area contributed by atoms with Crippen molar-refractivity contribution in [1.82, 2.24) is 20.2 Å². The maximum absolute atomic E-state index is 14.1. The van der Waals surface area contributed by atoms with Crippen LogP contribution in [0.15, 0.2) is 158 Å². The van der Waals surface area contributed by atoms with Gasteiger partial charge in [-0.05, 0) is 48.3 Å². The minimum atomic E-state index is -0.886. The van der Waals surface area contributed by atoms with E-state index in [-0.39, 0.29) is 22.3 Å². The number of hydrogen-bond donors (Lipinski definition) is 2. The summed E-state index contributed by atoms with van der Waals surface area (Å²) in [4.78, 5) is 26.4. The molecule has 2 aliphatic heterocycles. The lowest BCUT2D eigenvalue weighted by molar-refractivity contribution is -0.130. The molecule has 8 rings (SSSR count). The molecule has 4 atom stereocenters. The van der Waals surface area contributed by atoms with Gasteiger partial charge in [0.15, 0.2) is 21.4 Å². The van der Waals surface area contributed by atoms with Crippen molar-refractivity contribution in [3.8, 4) is 0 Å². The number of carbonyl (C=O) groups is 2. The first-order chi connectivity index (χ1) is 26.4. The number of nitrogens with zero attached hydrogens (tertiary/aromatic N) is 4. The first-order valence-electron chi connectivity index (χ1n) is 17.8. The van der Waals surface area contributed by atoms with Crippen molar-refractivity contribution in [2.24, 2.45) is 0 Å². The van der Waals surface area contributed by atoms with E-state index in [0.29, 0.717) is 11.6 Å². The third kappa shape index (κ3) is 6.52. The second-order valence-corrected chi connectivity index (χ2v) is 16.3. The van der Waals surface area contributed by atoms with Crippen molar-refractivity contribution < 1.29 is 9.59 Å². The zero-order chi connectivity index (χ0) is 37.1. The topological polar surface area (TPSA) is 90.5 Å². The number of benzene rings is 5. The Kier molecular flexibility index (Phi) is 9.70. The lowest BCUT2D eigenvalue weighted by atomic mass is 10.0. The van der Waals surface area contributed by atoms with Crippen molar-refractivity contribution in [2.75, 3.05) is 10.9 Å². The number of amides is 2. The number of rotatable bonds is 10. The molecular weight excluding hydrogens is 709 g/mol. The normalized spacial score (nSPS) is 22.9. The smallest absolute Gasteiger partial charge is 0.255 e. The van der Waals surface area contributed by atoms with Crippen LogP contribution in [0.2, 0.25) is 0 Å². The van der Waals surface area contributed by atoms with Gasteiger partial charge in [0, 0.05) is 10.8 Å². The Labute approximate surface area is 323 Å². The van der Waals surface area contributed by atoms with Crippen molar-refractivity contribution in [3.05, 3.63) is 180 Å². The Hall–Kier alpha value is -5.84. The first-order valence-corrected chi connectivity index (χ1v) is 19.6. The SMILES string of the molecule is CC1SC(/C=C/c2ccccc2)(c2ccccc2)N(Nc2nnc(NN3C(=O)C(C)SC3(/C=C/c3ccccc3)c3ccccc3)c3ccccc23)C1=O. The van der Waals surface area contributed by atoms with Crippen LogP contribution in [-0.2, 0) is 19.3 Å². The van der Waals surface area contributed by atoms with E-state index in [1.54, 1.807) is 33.5 Å². The van der Waals surface area contributed by atoms with Crippen molar-refractivity contribution in [3.63, 3.8) is 0 Å². The Bertz CT molecular complexity index is 2180. The van der Waals surface area contributed by atoms with Gasteiger partial charge in [-0.3, -0.25) is 20.4 Å². The van der Waals surface area contributed by atoms with Gasteiger partial charge in [-0.25, -0.2) is 10.0 Å². The van der Waals surface area contributed by atoms with Gasteiger partial charge in [-0.2, -0.15) is 0 Å². The number of anilines is 2. The third-order valence-electron chi connectivity index (χ3n) is 9.61. The second-order valence-electron chi connectivity index (χ2n) is 13.1. The molecule has 5 aromatic carbocycles. The van der Waals surface area contributed by atoms with E-state index in [1.807, 2.05) is 172 Å². The molecule has 2 N–H and O–H groups in total. The molecule has 2 saturated heterocycles. The number of hydrazine groups is 2. The quantitative estimate of drug-likeness (QED) is 0.143. The standard InChI is InChI=1S/C44H38N6O2S2/c1-31-41(51)49(43(53-31,35-21-11-5-12-22-35)29-27-33-17-7-3-8-18-33)47-39-37-25-15-16-26-38(37)40(46-45-39)48-50-42(52)32(2)54-44(50,36-23-13-6-14-24-36)30-28-34-19-9-4-10-20-34/h3-32H,1-2H3,(H,45,47)(H,46,48)/b29-27+,30-28+. The van der Waals surface area contributed by atoms with E-state index in [1.165, 1.54) is 0 Å². The summed E-state index contributed by atoms with van der Waals surface area (Å²) in [6.07, 6.45) is 8.25. The maximum atomic E-state index is 14.1. The van der Waals surface area contributed by atoms with Crippen molar-refractivity contribution in [1.29, 1.82) is 0 Å². The summed E-state index contributed by atoms with van der Waals surface area (Å²) < 4.78 is 0. The molecule has 1 aromatic heterocycles. The van der Waals surface area contributed by atoms with E-state index >= 15 is 0 Å². The average molecular weight is 747 g/mol. The molecular formula is C44H38N6O2S2. The summed E-state index contributed by atoms with van der Waals surface area (Å²) in [7, 11) is 0. The minimum absolute atomic E-state index is 0.0822. The molecule has 0 radical (unpaired) electrons. The lowest BCUT2D eigenvalue weighted by Crippen LogP contribution is -2.46. The van der Waals surface area contributed by atoms with Crippen LogP contribution in [0.5, 0.6) is 0 Å². The summed E-state index contributed by atoms with van der Waals surface area (Å²) in [5.74, 6) is 0.671. The number of fused-ring (bicyclic) bond motifs is 1. The highest BCUT2D eigenvalue weighted by Crippen LogP contribution is 2.52. The fourth-order valence-corrected chi connectivity index (χ4v) is 9.72. The second kappa shape index (κ2) is 14.9. The molecule has 0 aliphatic carbocycles. The van der Waals surface area contributed by atoms with Crippen molar-refractivity contribution in [2.45, 2.75) is 34.1 Å². The summed E-state index contributed by atoms with van der Waals surface area (Å²) in [5, 5.41) is 13.5. The zero-order valence-electron chi connectivity index (χ0n) is 29.7. The molecule has 54 heavy (non-hydrogen) atoms. The first kappa shape index (κ1) is 35.2. The largest absolute Gasteiger partial charge is 0.275 e. The third-order valence-corrected chi connectivity index (χ3v) is 12.6. The van der Waals surface area contributed by atoms with Gasteiger partial charge in [-0.15, -0.1) is 33.7 Å². The van der Waals surface area contributed by atoms with Crippen molar-refractivity contribution >= 4 is 69.9 Å². The van der Waals surface area contributed by atoms with E-state index in [2.05, 4.69) is 23.0 Å². The lowest BCUT2D eigenvalue weighted by Gasteiger charge is -2.36. The summed E-state index contributed by atoms with van der Waals surface area (Å²) in [5.41, 5.74) is 10.8. The summed E-state index contributed by atoms with van der Waals surface area (Å²) in [6, 6.07) is 47.9. The molecule has 0 spiro atoms. The highest BCUT2D eigenvalue weighted by Gasteiger charge is 2.52. The van der Waals surface area contributed by atoms with Gasteiger partial charge in [0.05, 0.1) is 10.5 Å². The molecule has 2 amide bonds. The zero-order valence-corrected chi connectivity index (χ0v) is 31.4. The Morgan fingerprint density at radius 1 is 0.519 bits per heavy atom. The van der Waals surface area contributed by atoms with Crippen LogP contribution in [0.1, 0.15) is 36.1 Å². The number of hydrogen-bond acceptors (Lipinski definition) is 8. The Morgan fingerprint density at radius 2 is 0.852 bits per heavy atom. The van der Waals surface area contributed by atoms with Crippen LogP contribution in [0.4, 0.5) is 11.6 Å². The van der Waals surface area contributed by atoms with Crippen LogP contribution in [0.3, 0.4) is 0 Å². The number of thioether (sulfide) groups is 2. The Balaban J connectivity index is 1.19. The summed E-state index contributed by atoms with van der Waals surface area (Å²) in [6.45, 7) is 3.85. The minimum Gasteiger partial charge on any atom is -0.275 e. The monoisotopic (exact) mass is 746 g/mol. The van der Waals surface area contributed by atoms with Crippen LogP contribution < -0.4 is 10.9 Å². The molecule has 268 valence electrons. The van der Waals surface area contributed by atoms with Gasteiger partial charge in [0.2, 0.25) is 0 Å². The molecule has 3 heterocycles. The molecule has 10 heteroatoms. The molecule has 8 nitrogen and oxygen atoms in total. The van der Waals surface area contributed by atoms with E-state index < -0.39 is 9.74 Å². The number of nitrogens with one attached hydrogen (secondary N) is 2. The fourth-order valence-electron chi connectivity index (χ4n) is 6.91. The van der Waals surface area contributed by atoms with E-state index in [0.717, 1.165) is 33.0 Å². The molecule has 2 fully saturated rings. The highest BCUT2D eigenvalue weighted by molar-refractivity contribution is 8.02. The van der Waals surface area contributed by atoms with Gasteiger partial charge < -0.3 is 0 Å². The molecule has 6 aromatic rings. The molecule has 4 unspecified atom stereocenters. The fraction of sp³-hybridized carbons (Fsp3) is 0.136. The van der Waals surface area contributed by atoms with Gasteiger partial charge in [0.1, 0.15) is 0 Å². The summed E-state index contributed by atoms with van der Waals surface area (Å²) >= 11 is 3.13. The number of carbonyl (C=O) groups excluding carboxylic acids is 2. The molecule has 0 bridgehead atoms. The van der Waals surface area contributed by atoms with Gasteiger partial charge in [-0.1, -0.05) is 158 Å². The number of aromatic nitrogens is 2. The van der Waals surface area contributed by atoms with Crippen LogP contribution in [0, 0.1) is 0 Å². The van der Waals surface area contributed by atoms with Crippen LogP contribution in [0.25, 0.3) is 22.9 Å². The van der Waals surface area contributed by atoms with E-state index in [4.69, 9.17) is 10.2 Å².